The second-order valence-electron chi connectivity index (χ2n) is 6.49. The highest BCUT2D eigenvalue weighted by molar-refractivity contribution is 5.26. The van der Waals surface area contributed by atoms with Crippen molar-refractivity contribution >= 4 is 0 Å². The van der Waals surface area contributed by atoms with Crippen molar-refractivity contribution in [3.63, 3.8) is 0 Å². The Morgan fingerprint density at radius 2 is 1.89 bits per heavy atom. The highest BCUT2D eigenvalue weighted by atomic mass is 14.3. The van der Waals surface area contributed by atoms with Crippen LogP contribution >= 0.6 is 0 Å². The molecule has 0 aromatic carbocycles. The van der Waals surface area contributed by atoms with Crippen LogP contribution in [-0.4, -0.2) is 0 Å². The zero-order chi connectivity index (χ0) is 12.8. The summed E-state index contributed by atoms with van der Waals surface area (Å²) < 4.78 is 0. The van der Waals surface area contributed by atoms with Gasteiger partial charge in [0.25, 0.3) is 0 Å². The molecule has 2 rings (SSSR count). The van der Waals surface area contributed by atoms with Crippen LogP contribution < -0.4 is 0 Å². The molecule has 0 amide bonds. The molecule has 0 spiro atoms. The SMILES string of the molecule is CCCCCC1CCC(C2=CCC(C)C=C2)CC1. The Bertz CT molecular complexity index is 289. The van der Waals surface area contributed by atoms with E-state index in [9.17, 15) is 0 Å². The first-order valence-electron chi connectivity index (χ1n) is 8.17. The van der Waals surface area contributed by atoms with Crippen LogP contribution in [0.2, 0.25) is 0 Å². The van der Waals surface area contributed by atoms with Crippen molar-refractivity contribution in [2.45, 2.75) is 71.6 Å². The summed E-state index contributed by atoms with van der Waals surface area (Å²) in [6.45, 7) is 4.62. The van der Waals surface area contributed by atoms with Crippen LogP contribution in [0, 0.1) is 17.8 Å². The second-order valence-corrected chi connectivity index (χ2v) is 6.49. The molecular formula is C18H30. The predicted octanol–water partition coefficient (Wildman–Crippen LogP) is 5.90. The largest absolute Gasteiger partial charge is 0.0811 e. The maximum absolute atomic E-state index is 2.51. The average Bonchev–Trinajstić information content (AvgIpc) is 2.41. The minimum atomic E-state index is 0.763. The van der Waals surface area contributed by atoms with Gasteiger partial charge in [0.15, 0.2) is 0 Å². The molecule has 0 aliphatic heterocycles. The lowest BCUT2D eigenvalue weighted by atomic mass is 9.75. The fourth-order valence-electron chi connectivity index (χ4n) is 3.51. The van der Waals surface area contributed by atoms with Crippen LogP contribution in [0.25, 0.3) is 0 Å². The van der Waals surface area contributed by atoms with E-state index in [1.54, 1.807) is 5.57 Å². The van der Waals surface area contributed by atoms with Crippen molar-refractivity contribution in [2.75, 3.05) is 0 Å². The van der Waals surface area contributed by atoms with Crippen molar-refractivity contribution in [1.82, 2.24) is 0 Å². The number of hydrogen-bond acceptors (Lipinski definition) is 0. The molecule has 0 N–H and O–H groups in total. The van der Waals surface area contributed by atoms with Gasteiger partial charge in [-0.15, -0.1) is 0 Å². The van der Waals surface area contributed by atoms with Gasteiger partial charge in [0.05, 0.1) is 0 Å². The molecule has 0 heterocycles. The smallest absolute Gasteiger partial charge is 0.0165 e. The molecule has 102 valence electrons. The van der Waals surface area contributed by atoms with E-state index in [0.717, 1.165) is 17.8 Å². The van der Waals surface area contributed by atoms with Crippen molar-refractivity contribution in [3.8, 4) is 0 Å². The van der Waals surface area contributed by atoms with Crippen LogP contribution in [0.4, 0.5) is 0 Å². The Morgan fingerprint density at radius 3 is 2.50 bits per heavy atom. The maximum Gasteiger partial charge on any atom is -0.0165 e. The normalized spacial score (nSPS) is 32.3. The summed E-state index contributed by atoms with van der Waals surface area (Å²) in [5.74, 6) is 2.69. The molecule has 18 heavy (non-hydrogen) atoms. The summed E-state index contributed by atoms with van der Waals surface area (Å²) in [5, 5.41) is 0. The Balaban J connectivity index is 1.72. The zero-order valence-electron chi connectivity index (χ0n) is 12.3. The lowest BCUT2D eigenvalue weighted by molar-refractivity contribution is 0.283. The number of unbranched alkanes of at least 4 members (excludes halogenated alkanes) is 2. The van der Waals surface area contributed by atoms with Crippen molar-refractivity contribution in [2.24, 2.45) is 17.8 Å². The molecule has 2 aliphatic carbocycles. The van der Waals surface area contributed by atoms with Crippen LogP contribution in [0.15, 0.2) is 23.8 Å². The maximum atomic E-state index is 2.51. The van der Waals surface area contributed by atoms with Gasteiger partial charge in [0.2, 0.25) is 0 Å². The third-order valence-corrected chi connectivity index (χ3v) is 4.88. The molecule has 1 atom stereocenters. The van der Waals surface area contributed by atoms with Crippen LogP contribution in [0.5, 0.6) is 0 Å². The van der Waals surface area contributed by atoms with Gasteiger partial charge in [0, 0.05) is 0 Å². The van der Waals surface area contributed by atoms with Crippen LogP contribution in [-0.2, 0) is 0 Å². The standard InChI is InChI=1S/C18H30/c1-3-4-5-6-16-9-13-18(14-10-16)17-11-7-15(2)8-12-17/h7,11-12,15-16,18H,3-6,8-10,13-14H2,1-2H3. The van der Waals surface area contributed by atoms with Crippen LogP contribution in [0.1, 0.15) is 71.6 Å². The quantitative estimate of drug-likeness (QED) is 0.530. The molecule has 0 bridgehead atoms. The third kappa shape index (κ3) is 4.00. The Kier molecular flexibility index (Phi) is 5.53. The van der Waals surface area contributed by atoms with Gasteiger partial charge in [-0.1, -0.05) is 57.8 Å². The van der Waals surface area contributed by atoms with E-state index < -0.39 is 0 Å². The van der Waals surface area contributed by atoms with Gasteiger partial charge in [-0.3, -0.25) is 0 Å². The lowest BCUT2D eigenvalue weighted by Crippen LogP contribution is -2.16. The summed E-state index contributed by atoms with van der Waals surface area (Å²) >= 11 is 0. The van der Waals surface area contributed by atoms with E-state index in [0.29, 0.717) is 0 Å². The summed E-state index contributed by atoms with van der Waals surface area (Å²) in [6.07, 6.45) is 20.2. The van der Waals surface area contributed by atoms with Gasteiger partial charge in [-0.05, 0) is 55.4 Å². The minimum Gasteiger partial charge on any atom is -0.0811 e. The van der Waals surface area contributed by atoms with E-state index >= 15 is 0 Å². The minimum absolute atomic E-state index is 0.763. The molecule has 0 radical (unpaired) electrons. The number of allylic oxidation sites excluding steroid dienone is 4. The van der Waals surface area contributed by atoms with E-state index in [1.165, 1.54) is 57.8 Å². The van der Waals surface area contributed by atoms with Gasteiger partial charge < -0.3 is 0 Å². The van der Waals surface area contributed by atoms with Gasteiger partial charge >= 0.3 is 0 Å². The highest BCUT2D eigenvalue weighted by Crippen LogP contribution is 2.37. The average molecular weight is 246 g/mol. The topological polar surface area (TPSA) is 0 Å². The fourth-order valence-corrected chi connectivity index (χ4v) is 3.51. The van der Waals surface area contributed by atoms with Crippen molar-refractivity contribution < 1.29 is 0 Å². The summed E-state index contributed by atoms with van der Waals surface area (Å²) in [5.41, 5.74) is 1.65. The summed E-state index contributed by atoms with van der Waals surface area (Å²) in [6, 6.07) is 0. The first kappa shape index (κ1) is 13.9. The molecule has 1 fully saturated rings. The van der Waals surface area contributed by atoms with Crippen LogP contribution in [0.3, 0.4) is 0 Å². The third-order valence-electron chi connectivity index (χ3n) is 4.88. The zero-order valence-corrected chi connectivity index (χ0v) is 12.3. The molecule has 2 aliphatic rings. The first-order chi connectivity index (χ1) is 8.79. The molecule has 0 aromatic rings. The van der Waals surface area contributed by atoms with E-state index in [-0.39, 0.29) is 0 Å². The highest BCUT2D eigenvalue weighted by Gasteiger charge is 2.23. The molecule has 1 unspecified atom stereocenters. The monoisotopic (exact) mass is 246 g/mol. The molecule has 0 nitrogen and oxygen atoms in total. The Labute approximate surface area is 114 Å². The van der Waals surface area contributed by atoms with Gasteiger partial charge in [-0.2, -0.15) is 0 Å². The number of rotatable bonds is 5. The molecule has 1 saturated carbocycles. The molecule has 0 aromatic heterocycles. The van der Waals surface area contributed by atoms with E-state index in [2.05, 4.69) is 32.1 Å². The van der Waals surface area contributed by atoms with E-state index in [1.807, 2.05) is 0 Å². The lowest BCUT2D eigenvalue weighted by Gasteiger charge is -2.30. The van der Waals surface area contributed by atoms with Gasteiger partial charge in [0.1, 0.15) is 0 Å². The van der Waals surface area contributed by atoms with Crippen molar-refractivity contribution in [3.05, 3.63) is 23.8 Å². The molecule has 0 saturated heterocycles. The number of hydrogen-bond donors (Lipinski definition) is 0. The van der Waals surface area contributed by atoms with Gasteiger partial charge in [-0.25, -0.2) is 0 Å². The molecular weight excluding hydrogens is 216 g/mol. The predicted molar refractivity (Wildman–Crippen MR) is 80.6 cm³/mol. The fraction of sp³-hybridized carbons (Fsp3) is 0.778. The van der Waals surface area contributed by atoms with E-state index in [4.69, 9.17) is 0 Å². The Hall–Kier alpha value is -0.520. The summed E-state index contributed by atoms with van der Waals surface area (Å²) in [4.78, 5) is 0. The first-order valence-corrected chi connectivity index (χ1v) is 8.17. The molecule has 0 heteroatoms. The van der Waals surface area contributed by atoms with Crippen molar-refractivity contribution in [1.29, 1.82) is 0 Å². The second kappa shape index (κ2) is 7.16. The summed E-state index contributed by atoms with van der Waals surface area (Å²) in [7, 11) is 0. The Morgan fingerprint density at radius 1 is 1.11 bits per heavy atom.